The molecule has 10 heavy (non-hydrogen) atoms. The number of amides is 1. The lowest BCUT2D eigenvalue weighted by atomic mass is 9.98. The van der Waals surface area contributed by atoms with E-state index in [1.54, 1.807) is 0 Å². The molecule has 2 heteroatoms. The highest BCUT2D eigenvalue weighted by Crippen LogP contribution is 2.37. The first-order valence-electron chi connectivity index (χ1n) is 3.71. The summed E-state index contributed by atoms with van der Waals surface area (Å²) in [6.07, 6.45) is 6.81. The van der Waals surface area contributed by atoms with Gasteiger partial charge >= 0.3 is 0 Å². The molecular formula is C8H11NO. The Hall–Kier alpha value is -0.790. The fourth-order valence-electron chi connectivity index (χ4n) is 1.79. The summed E-state index contributed by atoms with van der Waals surface area (Å²) in [5, 5.41) is 0. The minimum absolute atomic E-state index is 0.150. The summed E-state index contributed by atoms with van der Waals surface area (Å²) >= 11 is 0. The van der Waals surface area contributed by atoms with Crippen molar-refractivity contribution in [2.24, 2.45) is 0 Å². The van der Waals surface area contributed by atoms with Gasteiger partial charge in [0.2, 0.25) is 5.91 Å². The van der Waals surface area contributed by atoms with Crippen molar-refractivity contribution in [2.75, 3.05) is 0 Å². The fourth-order valence-corrected chi connectivity index (χ4v) is 1.79. The second-order valence-electron chi connectivity index (χ2n) is 3.35. The average molecular weight is 137 g/mol. The molecule has 0 aliphatic carbocycles. The van der Waals surface area contributed by atoms with Crippen molar-refractivity contribution >= 4 is 5.91 Å². The van der Waals surface area contributed by atoms with Crippen LogP contribution in [0.4, 0.5) is 0 Å². The Morgan fingerprint density at radius 1 is 1.70 bits per heavy atom. The van der Waals surface area contributed by atoms with Crippen LogP contribution in [0.2, 0.25) is 0 Å². The molecule has 0 spiro atoms. The summed E-state index contributed by atoms with van der Waals surface area (Å²) in [4.78, 5) is 13.0. The summed E-state index contributed by atoms with van der Waals surface area (Å²) in [6, 6.07) is 0. The van der Waals surface area contributed by atoms with Crippen molar-refractivity contribution < 1.29 is 4.79 Å². The largest absolute Gasteiger partial charge is 0.313 e. The SMILES string of the molecule is CC12CC=CN1C(=O)CC2. The maximum Gasteiger partial charge on any atom is 0.227 e. The van der Waals surface area contributed by atoms with Crippen LogP contribution < -0.4 is 0 Å². The molecule has 2 aliphatic rings. The predicted molar refractivity (Wildman–Crippen MR) is 38.2 cm³/mol. The molecule has 0 aromatic carbocycles. The number of nitrogens with zero attached hydrogens (tertiary/aromatic N) is 1. The van der Waals surface area contributed by atoms with Crippen LogP contribution in [0.5, 0.6) is 0 Å². The van der Waals surface area contributed by atoms with Crippen LogP contribution in [0.1, 0.15) is 26.2 Å². The Morgan fingerprint density at radius 2 is 2.50 bits per heavy atom. The van der Waals surface area contributed by atoms with E-state index in [0.717, 1.165) is 19.3 Å². The number of fused-ring (bicyclic) bond motifs is 1. The molecule has 1 saturated heterocycles. The Morgan fingerprint density at radius 3 is 3.20 bits per heavy atom. The third-order valence-corrected chi connectivity index (χ3v) is 2.54. The van der Waals surface area contributed by atoms with Crippen LogP contribution >= 0.6 is 0 Å². The summed E-state index contributed by atoms with van der Waals surface area (Å²) in [7, 11) is 0. The van der Waals surface area contributed by atoms with Gasteiger partial charge in [-0.3, -0.25) is 4.79 Å². The summed E-state index contributed by atoms with van der Waals surface area (Å²) < 4.78 is 0. The van der Waals surface area contributed by atoms with Gasteiger partial charge in [0.1, 0.15) is 0 Å². The molecule has 0 N–H and O–H groups in total. The van der Waals surface area contributed by atoms with Crippen LogP contribution in [0.3, 0.4) is 0 Å². The minimum atomic E-state index is 0.150. The Labute approximate surface area is 60.5 Å². The lowest BCUT2D eigenvalue weighted by molar-refractivity contribution is -0.127. The Kier molecular flexibility index (Phi) is 0.967. The first-order chi connectivity index (χ1) is 4.72. The summed E-state index contributed by atoms with van der Waals surface area (Å²) in [5.74, 6) is 0.288. The highest BCUT2D eigenvalue weighted by molar-refractivity contribution is 5.81. The van der Waals surface area contributed by atoms with Crippen molar-refractivity contribution in [1.82, 2.24) is 4.90 Å². The number of carbonyl (C=O) groups excluding carboxylic acids is 1. The molecule has 1 amide bonds. The van der Waals surface area contributed by atoms with E-state index in [9.17, 15) is 4.79 Å². The highest BCUT2D eigenvalue weighted by atomic mass is 16.2. The van der Waals surface area contributed by atoms with E-state index in [0.29, 0.717) is 0 Å². The van der Waals surface area contributed by atoms with E-state index in [1.807, 2.05) is 11.1 Å². The third-order valence-electron chi connectivity index (χ3n) is 2.54. The molecule has 0 saturated carbocycles. The number of carbonyl (C=O) groups is 1. The third kappa shape index (κ3) is 0.564. The molecule has 1 unspecified atom stereocenters. The molecule has 2 heterocycles. The topological polar surface area (TPSA) is 20.3 Å². The highest BCUT2D eigenvalue weighted by Gasteiger charge is 2.41. The average Bonchev–Trinajstić information content (AvgIpc) is 2.35. The normalized spacial score (nSPS) is 37.3. The summed E-state index contributed by atoms with van der Waals surface area (Å²) in [5.41, 5.74) is 0.150. The summed E-state index contributed by atoms with van der Waals surface area (Å²) in [6.45, 7) is 2.15. The zero-order valence-corrected chi connectivity index (χ0v) is 6.13. The molecule has 2 rings (SSSR count). The van der Waals surface area contributed by atoms with Crippen molar-refractivity contribution in [2.45, 2.75) is 31.7 Å². The van der Waals surface area contributed by atoms with Crippen LogP contribution in [-0.2, 0) is 4.79 Å². The van der Waals surface area contributed by atoms with Gasteiger partial charge in [-0.1, -0.05) is 6.08 Å². The fraction of sp³-hybridized carbons (Fsp3) is 0.625. The molecule has 0 radical (unpaired) electrons. The molecule has 0 bridgehead atoms. The van der Waals surface area contributed by atoms with Gasteiger partial charge in [0.15, 0.2) is 0 Å². The Bertz CT molecular complexity index is 209. The monoisotopic (exact) mass is 137 g/mol. The molecule has 0 aromatic heterocycles. The van der Waals surface area contributed by atoms with E-state index in [2.05, 4.69) is 13.0 Å². The van der Waals surface area contributed by atoms with E-state index in [-0.39, 0.29) is 11.4 Å². The molecule has 1 atom stereocenters. The van der Waals surface area contributed by atoms with Crippen molar-refractivity contribution in [1.29, 1.82) is 0 Å². The van der Waals surface area contributed by atoms with Gasteiger partial charge in [-0.05, 0) is 19.8 Å². The van der Waals surface area contributed by atoms with Crippen LogP contribution in [0.25, 0.3) is 0 Å². The minimum Gasteiger partial charge on any atom is -0.313 e. The maximum absolute atomic E-state index is 11.1. The van der Waals surface area contributed by atoms with Gasteiger partial charge in [-0.2, -0.15) is 0 Å². The number of rotatable bonds is 0. The number of hydrogen-bond acceptors (Lipinski definition) is 1. The quantitative estimate of drug-likeness (QED) is 0.492. The van der Waals surface area contributed by atoms with Gasteiger partial charge in [-0.25, -0.2) is 0 Å². The maximum atomic E-state index is 11.1. The van der Waals surface area contributed by atoms with Gasteiger partial charge in [-0.15, -0.1) is 0 Å². The molecule has 2 aliphatic heterocycles. The molecule has 1 fully saturated rings. The molecule has 2 nitrogen and oxygen atoms in total. The van der Waals surface area contributed by atoms with E-state index < -0.39 is 0 Å². The lowest BCUT2D eigenvalue weighted by Crippen LogP contribution is -2.35. The van der Waals surface area contributed by atoms with Gasteiger partial charge in [0, 0.05) is 18.2 Å². The predicted octanol–water partition coefficient (Wildman–Crippen LogP) is 1.28. The lowest BCUT2D eigenvalue weighted by Gasteiger charge is -2.26. The van der Waals surface area contributed by atoms with Gasteiger partial charge < -0.3 is 4.90 Å². The van der Waals surface area contributed by atoms with E-state index in [1.165, 1.54) is 0 Å². The standard InChI is InChI=1S/C8H11NO/c1-8-4-2-6-9(8)7(10)3-5-8/h2,6H,3-5H2,1H3. The first-order valence-corrected chi connectivity index (χ1v) is 3.71. The molecule has 0 aromatic rings. The van der Waals surface area contributed by atoms with E-state index in [4.69, 9.17) is 0 Å². The van der Waals surface area contributed by atoms with Crippen molar-refractivity contribution in [3.8, 4) is 0 Å². The zero-order valence-electron chi connectivity index (χ0n) is 6.13. The van der Waals surface area contributed by atoms with Crippen LogP contribution in [0, 0.1) is 0 Å². The van der Waals surface area contributed by atoms with Crippen molar-refractivity contribution in [3.05, 3.63) is 12.3 Å². The smallest absolute Gasteiger partial charge is 0.227 e. The van der Waals surface area contributed by atoms with E-state index >= 15 is 0 Å². The Balaban J connectivity index is 2.33. The van der Waals surface area contributed by atoms with Crippen molar-refractivity contribution in [3.63, 3.8) is 0 Å². The zero-order chi connectivity index (χ0) is 7.19. The van der Waals surface area contributed by atoms with Crippen LogP contribution in [0.15, 0.2) is 12.3 Å². The second-order valence-corrected chi connectivity index (χ2v) is 3.35. The molecule has 54 valence electrons. The first kappa shape index (κ1) is 5.96. The second kappa shape index (κ2) is 1.62. The number of hydrogen-bond donors (Lipinski definition) is 0. The van der Waals surface area contributed by atoms with Gasteiger partial charge in [0.25, 0.3) is 0 Å². The van der Waals surface area contributed by atoms with Gasteiger partial charge in [0.05, 0.1) is 0 Å². The van der Waals surface area contributed by atoms with Crippen LogP contribution in [-0.4, -0.2) is 16.3 Å². The molecular weight excluding hydrogens is 126 g/mol.